The number of halogens is 2. The first-order chi connectivity index (χ1) is 14.9. The van der Waals surface area contributed by atoms with E-state index in [2.05, 4.69) is 5.32 Å². The fourth-order valence-corrected chi connectivity index (χ4v) is 5.13. The Labute approximate surface area is 184 Å². The van der Waals surface area contributed by atoms with Gasteiger partial charge in [-0.15, -0.1) is 0 Å². The van der Waals surface area contributed by atoms with Crippen molar-refractivity contribution in [1.82, 2.24) is 5.32 Å². The molecule has 0 bridgehead atoms. The van der Waals surface area contributed by atoms with Crippen molar-refractivity contribution < 1.29 is 22.3 Å². The predicted octanol–water partition coefficient (Wildman–Crippen LogP) is 3.85. The quantitative estimate of drug-likeness (QED) is 0.567. The van der Waals surface area contributed by atoms with Gasteiger partial charge in [0.2, 0.25) is 5.91 Å². The molecule has 0 fully saturated rings. The topological polar surface area (TPSA) is 75.7 Å². The van der Waals surface area contributed by atoms with Gasteiger partial charge in [-0.3, -0.25) is 9.10 Å². The highest BCUT2D eigenvalue weighted by Gasteiger charge is 2.35. The van der Waals surface area contributed by atoms with E-state index in [0.717, 1.165) is 4.31 Å². The third kappa shape index (κ3) is 4.35. The highest BCUT2D eigenvalue weighted by Crippen LogP contribution is 2.42. The van der Waals surface area contributed by atoms with Crippen LogP contribution < -0.4 is 14.4 Å². The van der Waals surface area contributed by atoms with E-state index in [9.17, 15) is 17.6 Å². The van der Waals surface area contributed by atoms with Gasteiger partial charge in [0.25, 0.3) is 10.0 Å². The van der Waals surface area contributed by atoms with Gasteiger partial charge in [-0.2, -0.15) is 0 Å². The predicted molar refractivity (Wildman–Crippen MR) is 116 cm³/mol. The summed E-state index contributed by atoms with van der Waals surface area (Å²) >= 11 is 5.82. The van der Waals surface area contributed by atoms with Gasteiger partial charge in [-0.25, -0.2) is 12.8 Å². The summed E-state index contributed by atoms with van der Waals surface area (Å²) < 4.78 is 46.7. The lowest BCUT2D eigenvalue weighted by Crippen LogP contribution is -2.43. The van der Waals surface area contributed by atoms with Gasteiger partial charge in [-0.05, 0) is 48.5 Å². The lowest BCUT2D eigenvalue weighted by Gasteiger charge is -2.31. The zero-order chi connectivity index (χ0) is 22.0. The number of sulfonamides is 1. The zero-order valence-corrected chi connectivity index (χ0v) is 17.8. The van der Waals surface area contributed by atoms with E-state index in [4.69, 9.17) is 16.3 Å². The molecule has 1 heterocycles. The number of fused-ring (bicyclic) bond motifs is 3. The number of hydrogen-bond donors (Lipinski definition) is 1. The number of ether oxygens (including phenoxy) is 1. The summed E-state index contributed by atoms with van der Waals surface area (Å²) in [6.07, 6.45) is 0. The standard InChI is InChI=1S/C22H18ClFN2O4S/c23-15-5-8-17(9-6-15)30-12-11-25-22(27)14-26-20-10-7-16(24)13-19(20)18-3-1-2-4-21(18)31(26,28)29/h1-10,13H,11-12,14H2,(H,25,27). The van der Waals surface area contributed by atoms with Crippen molar-refractivity contribution in [3.8, 4) is 16.9 Å². The van der Waals surface area contributed by atoms with E-state index in [-0.39, 0.29) is 23.7 Å². The summed E-state index contributed by atoms with van der Waals surface area (Å²) in [5, 5.41) is 3.23. The molecular weight excluding hydrogens is 443 g/mol. The van der Waals surface area contributed by atoms with Crippen LogP contribution in [-0.4, -0.2) is 34.0 Å². The minimum absolute atomic E-state index is 0.0342. The Hall–Kier alpha value is -3.10. The second-order valence-electron chi connectivity index (χ2n) is 6.82. The molecular formula is C22H18ClFN2O4S. The number of nitrogens with zero attached hydrogens (tertiary/aromatic N) is 1. The number of amides is 1. The summed E-state index contributed by atoms with van der Waals surface area (Å²) in [4.78, 5) is 12.5. The summed E-state index contributed by atoms with van der Waals surface area (Å²) in [7, 11) is -3.98. The molecule has 160 valence electrons. The molecule has 4 rings (SSSR count). The minimum Gasteiger partial charge on any atom is -0.492 e. The molecule has 1 aliphatic heterocycles. The molecule has 0 radical (unpaired) electrons. The Kier molecular flexibility index (Phi) is 5.84. The number of carbonyl (C=O) groups excluding carboxylic acids is 1. The van der Waals surface area contributed by atoms with Crippen LogP contribution in [0.2, 0.25) is 5.02 Å². The third-order valence-electron chi connectivity index (χ3n) is 4.77. The van der Waals surface area contributed by atoms with Gasteiger partial charge in [0.15, 0.2) is 0 Å². The molecule has 3 aromatic carbocycles. The fourth-order valence-electron chi connectivity index (χ4n) is 3.35. The molecule has 0 aromatic heterocycles. The summed E-state index contributed by atoms with van der Waals surface area (Å²) in [6.45, 7) is -0.0524. The van der Waals surface area contributed by atoms with E-state index in [1.54, 1.807) is 42.5 Å². The molecule has 3 aromatic rings. The van der Waals surface area contributed by atoms with E-state index in [0.29, 0.717) is 21.9 Å². The zero-order valence-electron chi connectivity index (χ0n) is 16.2. The maximum atomic E-state index is 13.9. The number of anilines is 1. The van der Waals surface area contributed by atoms with Crippen molar-refractivity contribution in [2.24, 2.45) is 0 Å². The Morgan fingerprint density at radius 2 is 1.77 bits per heavy atom. The lowest BCUT2D eigenvalue weighted by atomic mass is 10.0. The fraction of sp³-hybridized carbons (Fsp3) is 0.136. The van der Waals surface area contributed by atoms with Gasteiger partial charge in [0.1, 0.15) is 24.7 Å². The van der Waals surface area contributed by atoms with E-state index >= 15 is 0 Å². The third-order valence-corrected chi connectivity index (χ3v) is 6.84. The van der Waals surface area contributed by atoms with Crippen molar-refractivity contribution >= 4 is 33.2 Å². The van der Waals surface area contributed by atoms with Crippen LogP contribution >= 0.6 is 11.6 Å². The molecule has 0 saturated carbocycles. The van der Waals surface area contributed by atoms with E-state index in [1.165, 1.54) is 24.3 Å². The van der Waals surface area contributed by atoms with Crippen molar-refractivity contribution in [2.75, 3.05) is 24.0 Å². The maximum absolute atomic E-state index is 13.9. The molecule has 1 aliphatic rings. The van der Waals surface area contributed by atoms with Gasteiger partial charge in [0.05, 0.1) is 17.1 Å². The van der Waals surface area contributed by atoms with Crippen LogP contribution in [0.4, 0.5) is 10.1 Å². The number of benzene rings is 3. The molecule has 0 atom stereocenters. The van der Waals surface area contributed by atoms with Crippen molar-refractivity contribution in [3.05, 3.63) is 77.6 Å². The SMILES string of the molecule is O=C(CN1c2ccc(F)cc2-c2ccccc2S1(=O)=O)NCCOc1ccc(Cl)cc1. The average molecular weight is 461 g/mol. The largest absolute Gasteiger partial charge is 0.492 e. The second kappa shape index (κ2) is 8.56. The smallest absolute Gasteiger partial charge is 0.265 e. The van der Waals surface area contributed by atoms with Gasteiger partial charge >= 0.3 is 0 Å². The van der Waals surface area contributed by atoms with Crippen molar-refractivity contribution in [2.45, 2.75) is 4.90 Å². The minimum atomic E-state index is -3.98. The van der Waals surface area contributed by atoms with Crippen LogP contribution in [0.1, 0.15) is 0 Å². The van der Waals surface area contributed by atoms with Crippen molar-refractivity contribution in [3.63, 3.8) is 0 Å². The van der Waals surface area contributed by atoms with Crippen LogP contribution in [0.15, 0.2) is 71.6 Å². The molecule has 1 amide bonds. The molecule has 1 N–H and O–H groups in total. The maximum Gasteiger partial charge on any atom is 0.265 e. The molecule has 0 unspecified atom stereocenters. The molecule has 0 aliphatic carbocycles. The highest BCUT2D eigenvalue weighted by molar-refractivity contribution is 7.93. The molecule has 31 heavy (non-hydrogen) atoms. The van der Waals surface area contributed by atoms with Gasteiger partial charge in [0, 0.05) is 16.1 Å². The van der Waals surface area contributed by atoms with E-state index in [1.807, 2.05) is 0 Å². The Morgan fingerprint density at radius 3 is 2.55 bits per heavy atom. The Balaban J connectivity index is 1.47. The van der Waals surface area contributed by atoms with Crippen LogP contribution in [0.5, 0.6) is 5.75 Å². The first-order valence-electron chi connectivity index (χ1n) is 9.43. The first kappa shape index (κ1) is 21.1. The number of hydrogen-bond acceptors (Lipinski definition) is 4. The molecule has 0 saturated heterocycles. The Bertz CT molecular complexity index is 1230. The Morgan fingerprint density at radius 1 is 1.03 bits per heavy atom. The summed E-state index contributed by atoms with van der Waals surface area (Å²) in [5.41, 5.74) is 1.09. The van der Waals surface area contributed by atoms with Crippen molar-refractivity contribution in [1.29, 1.82) is 0 Å². The van der Waals surface area contributed by atoms with Crippen LogP contribution in [0, 0.1) is 5.82 Å². The van der Waals surface area contributed by atoms with Crippen LogP contribution in [0.3, 0.4) is 0 Å². The molecule has 6 nitrogen and oxygen atoms in total. The van der Waals surface area contributed by atoms with Crippen LogP contribution in [0.25, 0.3) is 11.1 Å². The molecule has 9 heteroatoms. The first-order valence-corrected chi connectivity index (χ1v) is 11.2. The van der Waals surface area contributed by atoms with Crippen LogP contribution in [-0.2, 0) is 14.8 Å². The van der Waals surface area contributed by atoms with Gasteiger partial charge in [-0.1, -0.05) is 29.8 Å². The monoisotopic (exact) mass is 460 g/mol. The normalized spacial score (nSPS) is 13.8. The molecule has 0 spiro atoms. The highest BCUT2D eigenvalue weighted by atomic mass is 35.5. The second-order valence-corrected chi connectivity index (χ2v) is 9.09. The summed E-state index contributed by atoms with van der Waals surface area (Å²) in [5.74, 6) is -0.389. The number of rotatable bonds is 6. The number of nitrogens with one attached hydrogen (secondary N) is 1. The number of carbonyl (C=O) groups is 1. The lowest BCUT2D eigenvalue weighted by molar-refractivity contribution is -0.119. The average Bonchev–Trinajstić information content (AvgIpc) is 2.76. The van der Waals surface area contributed by atoms with E-state index < -0.39 is 28.3 Å². The van der Waals surface area contributed by atoms with Gasteiger partial charge < -0.3 is 10.1 Å². The summed E-state index contributed by atoms with van der Waals surface area (Å²) in [6, 6.07) is 17.0.